The second-order valence-electron chi connectivity index (χ2n) is 12.3. The van der Waals surface area contributed by atoms with Crippen LogP contribution in [0.25, 0.3) is 21.5 Å². The number of anilines is 4. The molecule has 8 N–H and O–H groups in total. The number of hydrogen-bond donors (Lipinski definition) is 8. The Bertz CT molecular complexity index is 2600. The molecule has 0 saturated carbocycles. The van der Waals surface area contributed by atoms with E-state index < -0.39 is 47.9 Å². The number of phenols is 2. The van der Waals surface area contributed by atoms with Crippen LogP contribution in [0.3, 0.4) is 0 Å². The zero-order valence-corrected chi connectivity index (χ0v) is 29.8. The predicted molar refractivity (Wildman–Crippen MR) is 200 cm³/mol. The summed E-state index contributed by atoms with van der Waals surface area (Å²) in [6.45, 7) is 3.42. The van der Waals surface area contributed by atoms with Crippen LogP contribution in [0.5, 0.6) is 11.5 Å². The van der Waals surface area contributed by atoms with E-state index in [4.69, 9.17) is 0 Å². The van der Waals surface area contributed by atoms with E-state index in [1.54, 1.807) is 38.1 Å². The third-order valence-corrected chi connectivity index (χ3v) is 10.2. The fraction of sp³-hybridized carbons (Fsp3) is 0.0541. The van der Waals surface area contributed by atoms with Gasteiger partial charge in [-0.15, -0.1) is 0 Å². The highest BCUT2D eigenvalue weighted by Crippen LogP contribution is 2.34. The van der Waals surface area contributed by atoms with Gasteiger partial charge in [-0.05, 0) is 109 Å². The van der Waals surface area contributed by atoms with Crippen molar-refractivity contribution in [3.05, 3.63) is 119 Å². The van der Waals surface area contributed by atoms with Crippen LogP contribution in [0.1, 0.15) is 31.8 Å². The SMILES string of the molecule is Cc1ccc(C(=O)NC(=O)NC(=O)c2ccc(C)c(Nc3cc(S(=O)(=O)O)c4cc(O)ccc4c3)c2)cc1Nc1cc(S(=O)(=O)O)c2cc(O)ccc2c1. The van der Waals surface area contributed by atoms with Gasteiger partial charge < -0.3 is 20.8 Å². The Hall–Kier alpha value is -6.53. The van der Waals surface area contributed by atoms with Crippen molar-refractivity contribution in [2.75, 3.05) is 10.6 Å². The van der Waals surface area contributed by atoms with E-state index in [0.29, 0.717) is 33.3 Å². The Morgan fingerprint density at radius 1 is 0.519 bits per heavy atom. The highest BCUT2D eigenvalue weighted by molar-refractivity contribution is 7.86. The zero-order chi connectivity index (χ0) is 39.1. The number of nitrogens with one attached hydrogen (secondary N) is 4. The molecule has 0 heterocycles. The zero-order valence-electron chi connectivity index (χ0n) is 28.2. The van der Waals surface area contributed by atoms with Gasteiger partial charge in [0.25, 0.3) is 32.1 Å². The van der Waals surface area contributed by atoms with Crippen molar-refractivity contribution in [1.82, 2.24) is 10.6 Å². The van der Waals surface area contributed by atoms with E-state index in [-0.39, 0.29) is 44.8 Å². The van der Waals surface area contributed by atoms with E-state index in [0.717, 1.165) is 0 Å². The molecule has 0 saturated heterocycles. The summed E-state index contributed by atoms with van der Waals surface area (Å²) in [5.74, 6) is -2.15. The summed E-state index contributed by atoms with van der Waals surface area (Å²) in [6, 6.07) is 21.2. The fourth-order valence-electron chi connectivity index (χ4n) is 5.68. The third kappa shape index (κ3) is 8.08. The first kappa shape index (κ1) is 37.2. The Labute approximate surface area is 307 Å². The van der Waals surface area contributed by atoms with Gasteiger partial charge in [-0.2, -0.15) is 16.8 Å². The molecule has 6 rings (SSSR count). The van der Waals surface area contributed by atoms with Crippen LogP contribution in [0.2, 0.25) is 0 Å². The first-order valence-corrected chi connectivity index (χ1v) is 18.6. The maximum atomic E-state index is 13.1. The molecule has 0 spiro atoms. The van der Waals surface area contributed by atoms with Crippen LogP contribution >= 0.6 is 0 Å². The summed E-state index contributed by atoms with van der Waals surface area (Å²) in [5.41, 5.74) is 2.44. The van der Waals surface area contributed by atoms with Gasteiger partial charge in [-0.3, -0.25) is 29.3 Å². The summed E-state index contributed by atoms with van der Waals surface area (Å²) in [7, 11) is -9.39. The lowest BCUT2D eigenvalue weighted by Crippen LogP contribution is -2.42. The lowest BCUT2D eigenvalue weighted by Gasteiger charge is -2.15. The number of imide groups is 2. The monoisotopic (exact) mass is 770 g/mol. The molecule has 0 aliphatic rings. The van der Waals surface area contributed by atoms with Gasteiger partial charge in [0.15, 0.2) is 0 Å². The molecule has 0 aliphatic heterocycles. The van der Waals surface area contributed by atoms with Crippen LogP contribution in [-0.2, 0) is 20.2 Å². The summed E-state index contributed by atoms with van der Waals surface area (Å²) in [6.07, 6.45) is 0. The molecule has 0 unspecified atom stereocenters. The molecule has 0 bridgehead atoms. The first-order chi connectivity index (χ1) is 25.3. The molecule has 6 aromatic carbocycles. The number of rotatable bonds is 8. The number of aryl methyl sites for hydroxylation is 2. The molecular formula is C37H30N4O11S2. The predicted octanol–water partition coefficient (Wildman–Crippen LogP) is 6.28. The number of urea groups is 1. The van der Waals surface area contributed by atoms with E-state index in [1.807, 2.05) is 0 Å². The second-order valence-corrected chi connectivity index (χ2v) is 15.0. The van der Waals surface area contributed by atoms with Crippen molar-refractivity contribution >= 4 is 82.4 Å². The van der Waals surface area contributed by atoms with Crippen LogP contribution in [-0.4, -0.2) is 54.0 Å². The van der Waals surface area contributed by atoms with Crippen molar-refractivity contribution in [2.45, 2.75) is 23.6 Å². The highest BCUT2D eigenvalue weighted by atomic mass is 32.2. The smallest absolute Gasteiger partial charge is 0.328 e. The van der Waals surface area contributed by atoms with Gasteiger partial charge in [0.05, 0.1) is 0 Å². The number of aromatic hydroxyl groups is 2. The maximum Gasteiger partial charge on any atom is 0.328 e. The number of carbonyl (C=O) groups excluding carboxylic acids is 3. The molecule has 276 valence electrons. The molecule has 54 heavy (non-hydrogen) atoms. The Morgan fingerprint density at radius 3 is 1.28 bits per heavy atom. The maximum absolute atomic E-state index is 13.1. The van der Waals surface area contributed by atoms with E-state index in [1.165, 1.54) is 72.8 Å². The van der Waals surface area contributed by atoms with Gasteiger partial charge in [0.2, 0.25) is 0 Å². The number of fused-ring (bicyclic) bond motifs is 2. The van der Waals surface area contributed by atoms with Gasteiger partial charge in [0.1, 0.15) is 21.3 Å². The van der Waals surface area contributed by atoms with Gasteiger partial charge in [-0.25, -0.2) is 4.79 Å². The third-order valence-electron chi connectivity index (χ3n) is 8.37. The van der Waals surface area contributed by atoms with E-state index in [2.05, 4.69) is 21.3 Å². The van der Waals surface area contributed by atoms with Crippen LogP contribution in [0.15, 0.2) is 107 Å². The summed E-state index contributed by atoms with van der Waals surface area (Å²) in [5, 5.41) is 30.8. The van der Waals surface area contributed by atoms with Crippen molar-refractivity contribution in [3.8, 4) is 11.5 Å². The van der Waals surface area contributed by atoms with Gasteiger partial charge in [-0.1, -0.05) is 24.3 Å². The summed E-state index contributed by atoms with van der Waals surface area (Å²) >= 11 is 0. The summed E-state index contributed by atoms with van der Waals surface area (Å²) in [4.78, 5) is 38.0. The molecule has 0 aromatic heterocycles. The average Bonchev–Trinajstić information content (AvgIpc) is 3.08. The van der Waals surface area contributed by atoms with Crippen LogP contribution in [0.4, 0.5) is 27.5 Å². The van der Waals surface area contributed by atoms with E-state index >= 15 is 0 Å². The Kier molecular flexibility index (Phi) is 9.74. The van der Waals surface area contributed by atoms with Crippen molar-refractivity contribution in [2.24, 2.45) is 0 Å². The largest absolute Gasteiger partial charge is 0.508 e. The van der Waals surface area contributed by atoms with Crippen molar-refractivity contribution in [3.63, 3.8) is 0 Å². The minimum absolute atomic E-state index is 0.00287. The van der Waals surface area contributed by atoms with Crippen molar-refractivity contribution < 1.29 is 50.5 Å². The van der Waals surface area contributed by atoms with Crippen molar-refractivity contribution in [1.29, 1.82) is 0 Å². The number of benzene rings is 6. The lowest BCUT2D eigenvalue weighted by molar-refractivity contribution is 0.0944. The topological polar surface area (TPSA) is 249 Å². The fourth-order valence-corrected chi connectivity index (χ4v) is 7.14. The second kappa shape index (κ2) is 14.1. The molecule has 15 nitrogen and oxygen atoms in total. The van der Waals surface area contributed by atoms with Crippen LogP contribution < -0.4 is 21.3 Å². The van der Waals surface area contributed by atoms with Gasteiger partial charge >= 0.3 is 6.03 Å². The lowest BCUT2D eigenvalue weighted by atomic mass is 10.1. The van der Waals surface area contributed by atoms with E-state index in [9.17, 15) is 50.5 Å². The minimum atomic E-state index is -4.70. The van der Waals surface area contributed by atoms with Gasteiger partial charge in [0, 0.05) is 44.6 Å². The quantitative estimate of drug-likeness (QED) is 0.0795. The first-order valence-electron chi connectivity index (χ1n) is 15.8. The molecule has 6 aromatic rings. The number of hydrogen-bond acceptors (Lipinski definition) is 11. The molecule has 0 fully saturated rings. The normalized spacial score (nSPS) is 11.6. The Morgan fingerprint density at radius 2 is 0.907 bits per heavy atom. The molecule has 4 amide bonds. The molecule has 0 radical (unpaired) electrons. The highest BCUT2D eigenvalue weighted by Gasteiger charge is 2.20. The standard InChI is InChI=1S/C37H30N4O11S2/c1-19-3-5-23(13-31(19)38-25-11-21-7-9-27(42)17-29(21)33(15-25)53(47,48)49)35(44)40-37(46)41-36(45)24-6-4-20(2)32(14-24)39-26-12-22-8-10-28(43)18-30(22)34(16-26)54(50,51)52/h3-18,38-39,42-43H,1-2H3,(H,47,48,49)(H,50,51,52)(H2,40,41,44,45,46). The average molecular weight is 771 g/mol. The Balaban J connectivity index is 1.17. The van der Waals surface area contributed by atoms with Crippen LogP contribution in [0, 0.1) is 13.8 Å². The summed E-state index contributed by atoms with van der Waals surface area (Å²) < 4.78 is 68.2. The molecule has 0 atom stereocenters. The number of amides is 4. The minimum Gasteiger partial charge on any atom is -0.508 e. The number of phenolic OH excluding ortho intramolecular Hbond substituents is 2. The molecular weight excluding hydrogens is 741 g/mol. The number of carbonyl (C=O) groups is 3. The molecule has 0 aliphatic carbocycles. The molecule has 17 heteroatoms.